The standard InChI is InChI=1S/C13H16N8.C5H10O2/c1-20-12(16-18-19-20)10-6-9-7-15-13(14)17-21(9)11(10)8-4-2-3-5-8;6-5-2-1-3-7-4-5/h6-8H,2-5H2,1H3,(H2,14,17);5-6H,1-4H2. The number of nitrogen functional groups attached to an aromatic ring is 1. The van der Waals surface area contributed by atoms with E-state index in [1.807, 2.05) is 17.6 Å². The highest BCUT2D eigenvalue weighted by Crippen LogP contribution is 2.39. The molecule has 0 radical (unpaired) electrons. The van der Waals surface area contributed by atoms with E-state index in [0.29, 0.717) is 12.5 Å². The van der Waals surface area contributed by atoms with Gasteiger partial charge in [0, 0.05) is 25.1 Å². The minimum Gasteiger partial charge on any atom is -0.391 e. The number of nitrogens with zero attached hydrogens (tertiary/aromatic N) is 7. The number of ether oxygens (including phenoxy) is 1. The lowest BCUT2D eigenvalue weighted by molar-refractivity contribution is -0.00535. The number of aryl methyl sites for hydroxylation is 1. The fraction of sp³-hybridized carbons (Fsp3) is 0.611. The van der Waals surface area contributed by atoms with Crippen molar-refractivity contribution < 1.29 is 9.84 Å². The molecule has 1 saturated carbocycles. The van der Waals surface area contributed by atoms with Crippen molar-refractivity contribution in [1.82, 2.24) is 34.8 Å². The molecule has 3 N–H and O–H groups in total. The molecule has 0 amide bonds. The van der Waals surface area contributed by atoms with Gasteiger partial charge in [0.15, 0.2) is 5.82 Å². The lowest BCUT2D eigenvalue weighted by Gasteiger charge is -2.15. The topological polar surface area (TPSA) is 129 Å². The van der Waals surface area contributed by atoms with Gasteiger partial charge in [0.25, 0.3) is 0 Å². The summed E-state index contributed by atoms with van der Waals surface area (Å²) in [6.07, 6.45) is 8.30. The van der Waals surface area contributed by atoms with Gasteiger partial charge in [-0.15, -0.1) is 10.2 Å². The number of rotatable bonds is 2. The number of aromatic nitrogens is 7. The van der Waals surface area contributed by atoms with Crippen LogP contribution in [0, 0.1) is 0 Å². The third kappa shape index (κ3) is 3.83. The molecule has 1 aliphatic heterocycles. The predicted molar refractivity (Wildman–Crippen MR) is 102 cm³/mol. The molecule has 10 heteroatoms. The SMILES string of the molecule is Cn1nnnc1-c1cc2cnc(N)nn2c1C1CCCC1.OC1CCCOC1. The maximum Gasteiger partial charge on any atom is 0.238 e. The van der Waals surface area contributed by atoms with Gasteiger partial charge in [0.1, 0.15) is 0 Å². The van der Waals surface area contributed by atoms with E-state index in [1.165, 1.54) is 12.8 Å². The molecule has 0 bridgehead atoms. The molecule has 3 aromatic heterocycles. The van der Waals surface area contributed by atoms with Gasteiger partial charge < -0.3 is 15.6 Å². The van der Waals surface area contributed by atoms with E-state index in [1.54, 1.807) is 10.9 Å². The molecule has 28 heavy (non-hydrogen) atoms. The molecular formula is C18H26N8O2. The zero-order valence-electron chi connectivity index (χ0n) is 16.0. The van der Waals surface area contributed by atoms with Crippen LogP contribution in [0.25, 0.3) is 16.9 Å². The zero-order valence-corrected chi connectivity index (χ0v) is 16.0. The lowest BCUT2D eigenvalue weighted by Crippen LogP contribution is -2.21. The van der Waals surface area contributed by atoms with Crippen molar-refractivity contribution in [1.29, 1.82) is 0 Å². The predicted octanol–water partition coefficient (Wildman–Crippen LogP) is 1.32. The van der Waals surface area contributed by atoms with Crippen LogP contribution in [-0.4, -0.2) is 59.2 Å². The molecule has 2 aliphatic rings. The Kier molecular flexibility index (Phi) is 5.49. The highest BCUT2D eigenvalue weighted by molar-refractivity contribution is 5.69. The van der Waals surface area contributed by atoms with Crippen LogP contribution in [0.5, 0.6) is 0 Å². The Morgan fingerprint density at radius 1 is 1.21 bits per heavy atom. The molecule has 10 nitrogen and oxygen atoms in total. The zero-order chi connectivity index (χ0) is 19.5. The molecule has 3 aromatic rings. The van der Waals surface area contributed by atoms with E-state index in [0.717, 1.165) is 54.9 Å². The number of aliphatic hydroxyl groups is 1. The Hall–Kier alpha value is -2.59. The van der Waals surface area contributed by atoms with E-state index in [4.69, 9.17) is 15.6 Å². The molecule has 2 fully saturated rings. The number of nitrogens with two attached hydrogens (primary N) is 1. The van der Waals surface area contributed by atoms with Crippen molar-refractivity contribution >= 4 is 11.5 Å². The average Bonchev–Trinajstić information content (AvgIpc) is 3.41. The van der Waals surface area contributed by atoms with Gasteiger partial charge in [0.05, 0.1) is 30.1 Å². The van der Waals surface area contributed by atoms with Gasteiger partial charge in [-0.25, -0.2) is 14.2 Å². The molecule has 4 heterocycles. The average molecular weight is 386 g/mol. The smallest absolute Gasteiger partial charge is 0.238 e. The molecule has 1 aliphatic carbocycles. The first-order valence-corrected chi connectivity index (χ1v) is 9.76. The van der Waals surface area contributed by atoms with Crippen LogP contribution in [-0.2, 0) is 11.8 Å². The number of fused-ring (bicyclic) bond motifs is 1. The fourth-order valence-corrected chi connectivity index (χ4v) is 3.95. The summed E-state index contributed by atoms with van der Waals surface area (Å²) >= 11 is 0. The van der Waals surface area contributed by atoms with Gasteiger partial charge in [-0.05, 0) is 42.2 Å². The van der Waals surface area contributed by atoms with Gasteiger partial charge in [0.2, 0.25) is 5.95 Å². The van der Waals surface area contributed by atoms with Crippen molar-refractivity contribution in [3.63, 3.8) is 0 Å². The summed E-state index contributed by atoms with van der Waals surface area (Å²) in [6, 6.07) is 2.04. The second-order valence-corrected chi connectivity index (χ2v) is 7.37. The molecule has 1 atom stereocenters. The van der Waals surface area contributed by atoms with Crippen LogP contribution in [0.1, 0.15) is 50.1 Å². The fourth-order valence-electron chi connectivity index (χ4n) is 3.95. The maximum atomic E-state index is 8.78. The largest absolute Gasteiger partial charge is 0.391 e. The van der Waals surface area contributed by atoms with Gasteiger partial charge >= 0.3 is 0 Å². The normalized spacial score (nSPS) is 20.3. The van der Waals surface area contributed by atoms with Crippen molar-refractivity contribution in [2.75, 3.05) is 18.9 Å². The summed E-state index contributed by atoms with van der Waals surface area (Å²) in [5.41, 5.74) is 8.85. The molecular weight excluding hydrogens is 360 g/mol. The third-order valence-electron chi connectivity index (χ3n) is 5.31. The van der Waals surface area contributed by atoms with E-state index in [-0.39, 0.29) is 12.1 Å². The van der Waals surface area contributed by atoms with Gasteiger partial charge in [-0.1, -0.05) is 12.8 Å². The third-order valence-corrected chi connectivity index (χ3v) is 5.31. The number of tetrazole rings is 1. The van der Waals surface area contributed by atoms with E-state index in [2.05, 4.69) is 25.6 Å². The first kappa shape index (κ1) is 18.8. The molecule has 5 rings (SSSR count). The lowest BCUT2D eigenvalue weighted by atomic mass is 10.00. The molecule has 150 valence electrons. The van der Waals surface area contributed by atoms with Crippen LogP contribution in [0.2, 0.25) is 0 Å². The maximum absolute atomic E-state index is 8.78. The van der Waals surface area contributed by atoms with Crippen LogP contribution in [0.3, 0.4) is 0 Å². The Morgan fingerprint density at radius 2 is 2.04 bits per heavy atom. The van der Waals surface area contributed by atoms with Crippen LogP contribution >= 0.6 is 0 Å². The van der Waals surface area contributed by atoms with Gasteiger partial charge in [-0.2, -0.15) is 0 Å². The van der Waals surface area contributed by atoms with Crippen molar-refractivity contribution in [2.24, 2.45) is 7.05 Å². The van der Waals surface area contributed by atoms with Crippen molar-refractivity contribution in [2.45, 2.75) is 50.5 Å². The number of hydrogen-bond donors (Lipinski definition) is 2. The van der Waals surface area contributed by atoms with Crippen molar-refractivity contribution in [3.8, 4) is 11.4 Å². The van der Waals surface area contributed by atoms with E-state index >= 15 is 0 Å². The summed E-state index contributed by atoms with van der Waals surface area (Å²) in [6.45, 7) is 1.37. The minimum absolute atomic E-state index is 0.186. The number of hydrogen-bond acceptors (Lipinski definition) is 8. The van der Waals surface area contributed by atoms with Crippen LogP contribution < -0.4 is 5.73 Å². The first-order chi connectivity index (χ1) is 13.6. The Morgan fingerprint density at radius 3 is 2.64 bits per heavy atom. The second-order valence-electron chi connectivity index (χ2n) is 7.37. The number of anilines is 1. The van der Waals surface area contributed by atoms with Crippen LogP contribution in [0.4, 0.5) is 5.95 Å². The Bertz CT molecular complexity index is 925. The summed E-state index contributed by atoms with van der Waals surface area (Å²) in [5, 5.41) is 25.0. The summed E-state index contributed by atoms with van der Waals surface area (Å²) in [7, 11) is 1.84. The van der Waals surface area contributed by atoms with E-state index < -0.39 is 0 Å². The Labute approximate surface area is 162 Å². The Balaban J connectivity index is 0.000000233. The highest BCUT2D eigenvalue weighted by Gasteiger charge is 2.27. The van der Waals surface area contributed by atoms with Gasteiger partial charge in [-0.3, -0.25) is 0 Å². The highest BCUT2D eigenvalue weighted by atomic mass is 16.5. The van der Waals surface area contributed by atoms with Crippen LogP contribution in [0.15, 0.2) is 12.3 Å². The quantitative estimate of drug-likeness (QED) is 0.674. The summed E-state index contributed by atoms with van der Waals surface area (Å²) < 4.78 is 8.52. The molecule has 1 saturated heterocycles. The molecule has 0 spiro atoms. The molecule has 1 unspecified atom stereocenters. The second kappa shape index (κ2) is 8.19. The minimum atomic E-state index is -0.186. The van der Waals surface area contributed by atoms with E-state index in [9.17, 15) is 0 Å². The summed E-state index contributed by atoms with van der Waals surface area (Å²) in [5.74, 6) is 1.49. The monoisotopic (exact) mass is 386 g/mol. The number of aliphatic hydroxyl groups excluding tert-OH is 1. The summed E-state index contributed by atoms with van der Waals surface area (Å²) in [4.78, 5) is 4.08. The van der Waals surface area contributed by atoms with Crippen molar-refractivity contribution in [3.05, 3.63) is 18.0 Å². The first-order valence-electron chi connectivity index (χ1n) is 9.76. The molecule has 0 aromatic carbocycles.